The second-order valence-electron chi connectivity index (χ2n) is 8.95. The van der Waals surface area contributed by atoms with E-state index in [4.69, 9.17) is 9.47 Å². The summed E-state index contributed by atoms with van der Waals surface area (Å²) in [6, 6.07) is 17.9. The van der Waals surface area contributed by atoms with Crippen LogP contribution in [0, 0.1) is 16.0 Å². The van der Waals surface area contributed by atoms with Crippen LogP contribution in [0.25, 0.3) is 0 Å². The van der Waals surface area contributed by atoms with Crippen LogP contribution in [0.15, 0.2) is 66.7 Å². The Hall–Kier alpha value is -4.53. The number of para-hydroxylation sites is 1. The highest BCUT2D eigenvalue weighted by atomic mass is 16.6. The standard InChI is InChI=1S/C29H28N2O7/c1-3-19-6-5-7-20(4-2)28(19)30-17-22(16-27(30)33)29(34)37-18-26(32)21-8-12-24(13-9-21)38-25-14-10-23(11-15-25)31(35)36/h5-15,22H,3-4,16-18H2,1-2H3/t22-/m1/s1. The lowest BCUT2D eigenvalue weighted by Gasteiger charge is -2.23. The second kappa shape index (κ2) is 11.7. The van der Waals surface area contributed by atoms with Crippen molar-refractivity contribution in [3.63, 3.8) is 0 Å². The maximum atomic E-state index is 12.8. The van der Waals surface area contributed by atoms with Crippen molar-refractivity contribution in [3.8, 4) is 11.5 Å². The van der Waals surface area contributed by atoms with E-state index in [2.05, 4.69) is 0 Å². The molecule has 0 radical (unpaired) electrons. The smallest absolute Gasteiger partial charge is 0.311 e. The number of non-ortho nitro benzene ring substituents is 1. The molecule has 1 atom stereocenters. The Morgan fingerprint density at radius 2 is 1.53 bits per heavy atom. The molecule has 1 fully saturated rings. The van der Waals surface area contributed by atoms with Gasteiger partial charge in [-0.1, -0.05) is 32.0 Å². The van der Waals surface area contributed by atoms with E-state index in [1.807, 2.05) is 32.0 Å². The predicted octanol–water partition coefficient (Wildman–Crippen LogP) is 5.29. The molecule has 196 valence electrons. The molecule has 0 N–H and O–H groups in total. The molecule has 1 saturated heterocycles. The summed E-state index contributed by atoms with van der Waals surface area (Å²) < 4.78 is 10.9. The van der Waals surface area contributed by atoms with Crippen molar-refractivity contribution in [1.29, 1.82) is 0 Å². The maximum Gasteiger partial charge on any atom is 0.311 e. The molecule has 9 heteroatoms. The number of nitro groups is 1. The first-order valence-electron chi connectivity index (χ1n) is 12.4. The minimum absolute atomic E-state index is 0.0426. The summed E-state index contributed by atoms with van der Waals surface area (Å²) in [5, 5.41) is 10.8. The molecule has 0 unspecified atom stereocenters. The third kappa shape index (κ3) is 5.88. The Morgan fingerprint density at radius 1 is 0.947 bits per heavy atom. The lowest BCUT2D eigenvalue weighted by Crippen LogP contribution is -2.29. The van der Waals surface area contributed by atoms with E-state index in [9.17, 15) is 24.5 Å². The number of Topliss-reactive ketones (excluding diaryl/α,β-unsaturated/α-hetero) is 1. The third-order valence-electron chi connectivity index (χ3n) is 6.50. The first kappa shape index (κ1) is 26.5. The summed E-state index contributed by atoms with van der Waals surface area (Å²) in [4.78, 5) is 50.1. The van der Waals surface area contributed by atoms with Crippen LogP contribution >= 0.6 is 0 Å². The zero-order chi connectivity index (χ0) is 27.2. The fraction of sp³-hybridized carbons (Fsp3) is 0.276. The van der Waals surface area contributed by atoms with Gasteiger partial charge in [-0.15, -0.1) is 0 Å². The lowest BCUT2D eigenvalue weighted by molar-refractivity contribution is -0.384. The number of nitro benzene ring substituents is 1. The topological polar surface area (TPSA) is 116 Å². The van der Waals surface area contributed by atoms with Crippen molar-refractivity contribution in [1.82, 2.24) is 0 Å². The van der Waals surface area contributed by atoms with Gasteiger partial charge in [0.2, 0.25) is 5.91 Å². The predicted molar refractivity (Wildman–Crippen MR) is 141 cm³/mol. The summed E-state index contributed by atoms with van der Waals surface area (Å²) in [7, 11) is 0. The largest absolute Gasteiger partial charge is 0.457 e. The zero-order valence-corrected chi connectivity index (χ0v) is 21.2. The molecule has 0 spiro atoms. The summed E-state index contributed by atoms with van der Waals surface area (Å²) >= 11 is 0. The number of hydrogen-bond acceptors (Lipinski definition) is 7. The van der Waals surface area contributed by atoms with Crippen LogP contribution in [0.4, 0.5) is 11.4 Å². The highest BCUT2D eigenvalue weighted by Gasteiger charge is 2.37. The monoisotopic (exact) mass is 516 g/mol. The van der Waals surface area contributed by atoms with Gasteiger partial charge >= 0.3 is 5.97 Å². The highest BCUT2D eigenvalue weighted by molar-refractivity contribution is 6.01. The van der Waals surface area contributed by atoms with Gasteiger partial charge in [-0.2, -0.15) is 0 Å². The number of carbonyl (C=O) groups is 3. The number of esters is 1. The number of rotatable bonds is 10. The fourth-order valence-corrected chi connectivity index (χ4v) is 4.46. The normalized spacial score (nSPS) is 14.8. The number of benzene rings is 3. The van der Waals surface area contributed by atoms with Crippen LogP contribution in [-0.4, -0.2) is 35.7 Å². The van der Waals surface area contributed by atoms with E-state index in [0.717, 1.165) is 29.7 Å². The van der Waals surface area contributed by atoms with E-state index < -0.39 is 23.4 Å². The van der Waals surface area contributed by atoms with Gasteiger partial charge in [0, 0.05) is 36.3 Å². The molecule has 1 heterocycles. The van der Waals surface area contributed by atoms with Crippen LogP contribution in [0.3, 0.4) is 0 Å². The fourth-order valence-electron chi connectivity index (χ4n) is 4.46. The number of hydrogen-bond donors (Lipinski definition) is 0. The molecule has 4 rings (SSSR count). The first-order valence-corrected chi connectivity index (χ1v) is 12.4. The number of ketones is 1. The maximum absolute atomic E-state index is 12.8. The summed E-state index contributed by atoms with van der Waals surface area (Å²) in [5.74, 6) is -0.864. The van der Waals surface area contributed by atoms with Crippen LogP contribution < -0.4 is 9.64 Å². The zero-order valence-electron chi connectivity index (χ0n) is 21.2. The molecule has 3 aromatic rings. The molecule has 38 heavy (non-hydrogen) atoms. The molecule has 0 aliphatic carbocycles. The Kier molecular flexibility index (Phi) is 8.15. The molecule has 9 nitrogen and oxygen atoms in total. The minimum Gasteiger partial charge on any atom is -0.457 e. The number of ether oxygens (including phenoxy) is 2. The van der Waals surface area contributed by atoms with Gasteiger partial charge in [0.1, 0.15) is 11.5 Å². The van der Waals surface area contributed by atoms with Crippen LogP contribution in [0.1, 0.15) is 41.8 Å². The average molecular weight is 517 g/mol. The van der Waals surface area contributed by atoms with Gasteiger partial charge in [-0.05, 0) is 60.4 Å². The van der Waals surface area contributed by atoms with Gasteiger partial charge in [0.25, 0.3) is 5.69 Å². The Balaban J connectivity index is 1.33. The lowest BCUT2D eigenvalue weighted by atomic mass is 10.0. The third-order valence-corrected chi connectivity index (χ3v) is 6.50. The van der Waals surface area contributed by atoms with Crippen LogP contribution in [0.2, 0.25) is 0 Å². The van der Waals surface area contributed by atoms with Crippen molar-refractivity contribution in [2.45, 2.75) is 33.1 Å². The van der Waals surface area contributed by atoms with Crippen LogP contribution in [-0.2, 0) is 27.2 Å². The number of amides is 1. The van der Waals surface area contributed by atoms with Gasteiger partial charge < -0.3 is 14.4 Å². The molecule has 0 saturated carbocycles. The van der Waals surface area contributed by atoms with Gasteiger partial charge in [0.15, 0.2) is 12.4 Å². The molecule has 1 aliphatic rings. The molecular formula is C29H28N2O7. The van der Waals surface area contributed by atoms with E-state index in [-0.39, 0.29) is 30.3 Å². The quantitative estimate of drug-likeness (QED) is 0.156. The van der Waals surface area contributed by atoms with Crippen LogP contribution in [0.5, 0.6) is 11.5 Å². The highest BCUT2D eigenvalue weighted by Crippen LogP contribution is 2.33. The van der Waals surface area contributed by atoms with Crippen molar-refractivity contribution in [3.05, 3.63) is 93.5 Å². The van der Waals surface area contributed by atoms with Gasteiger partial charge in [0.05, 0.1) is 10.8 Å². The Morgan fingerprint density at radius 3 is 2.08 bits per heavy atom. The van der Waals surface area contributed by atoms with Crippen molar-refractivity contribution in [2.24, 2.45) is 5.92 Å². The van der Waals surface area contributed by atoms with Gasteiger partial charge in [-0.3, -0.25) is 24.5 Å². The molecule has 1 amide bonds. The van der Waals surface area contributed by atoms with E-state index in [1.165, 1.54) is 24.3 Å². The van der Waals surface area contributed by atoms with Crippen molar-refractivity contribution < 1.29 is 28.8 Å². The molecule has 0 bridgehead atoms. The van der Waals surface area contributed by atoms with Gasteiger partial charge in [-0.25, -0.2) is 0 Å². The first-order chi connectivity index (χ1) is 18.3. The summed E-state index contributed by atoms with van der Waals surface area (Å²) in [6.07, 6.45) is 1.59. The van der Waals surface area contributed by atoms with E-state index >= 15 is 0 Å². The molecular weight excluding hydrogens is 488 g/mol. The average Bonchev–Trinajstić information content (AvgIpc) is 3.32. The molecule has 1 aliphatic heterocycles. The van der Waals surface area contributed by atoms with E-state index in [0.29, 0.717) is 17.1 Å². The Labute approximate surface area is 220 Å². The summed E-state index contributed by atoms with van der Waals surface area (Å²) in [6.45, 7) is 3.86. The number of aryl methyl sites for hydroxylation is 2. The minimum atomic E-state index is -0.637. The van der Waals surface area contributed by atoms with E-state index in [1.54, 1.807) is 29.2 Å². The second-order valence-corrected chi connectivity index (χ2v) is 8.95. The number of carbonyl (C=O) groups excluding carboxylic acids is 3. The molecule has 0 aromatic heterocycles. The molecule has 3 aromatic carbocycles. The van der Waals surface area contributed by atoms with Crippen molar-refractivity contribution >= 4 is 29.0 Å². The number of nitrogens with zero attached hydrogens (tertiary/aromatic N) is 2. The SMILES string of the molecule is CCc1cccc(CC)c1N1C[C@H](C(=O)OCC(=O)c2ccc(Oc3ccc([N+](=O)[O-])cc3)cc2)CC1=O. The van der Waals surface area contributed by atoms with Crippen molar-refractivity contribution in [2.75, 3.05) is 18.1 Å². The number of anilines is 1. The summed E-state index contributed by atoms with van der Waals surface area (Å²) in [5.41, 5.74) is 3.29. The Bertz CT molecular complexity index is 1330.